The van der Waals surface area contributed by atoms with Gasteiger partial charge in [-0.3, -0.25) is 0 Å². The summed E-state index contributed by atoms with van der Waals surface area (Å²) >= 11 is 0. The zero-order chi connectivity index (χ0) is 12.0. The fourth-order valence-corrected chi connectivity index (χ4v) is 1.80. The van der Waals surface area contributed by atoms with Gasteiger partial charge in [0.15, 0.2) is 0 Å². The minimum atomic E-state index is 0.442. The third-order valence-corrected chi connectivity index (χ3v) is 2.80. The third kappa shape index (κ3) is 3.99. The lowest BCUT2D eigenvalue weighted by Gasteiger charge is -2.18. The summed E-state index contributed by atoms with van der Waals surface area (Å²) in [6.45, 7) is 7.66. The average Bonchev–Trinajstić information content (AvgIpc) is 2.71. The fraction of sp³-hybridized carbons (Fsp3) is 0.692. The molecule has 0 aliphatic heterocycles. The molecule has 0 aliphatic carbocycles. The van der Waals surface area contributed by atoms with Gasteiger partial charge in [0.2, 0.25) is 0 Å². The summed E-state index contributed by atoms with van der Waals surface area (Å²) < 4.78 is 2.34. The molecule has 0 bridgehead atoms. The monoisotopic (exact) mass is 223 g/mol. The minimum Gasteiger partial charge on any atom is -0.349 e. The van der Waals surface area contributed by atoms with Crippen LogP contribution in [-0.4, -0.2) is 36.7 Å². The minimum absolute atomic E-state index is 0.442. The number of hydrogen-bond donors (Lipinski definition) is 1. The van der Waals surface area contributed by atoms with Crippen molar-refractivity contribution in [3.05, 3.63) is 24.0 Å². The summed E-state index contributed by atoms with van der Waals surface area (Å²) in [4.78, 5) is 2.22. The number of aromatic nitrogens is 1. The van der Waals surface area contributed by atoms with Gasteiger partial charge in [0.05, 0.1) is 0 Å². The molecule has 0 amide bonds. The maximum Gasteiger partial charge on any atom is 0.0446 e. The first-order valence-electron chi connectivity index (χ1n) is 6.18. The van der Waals surface area contributed by atoms with Crippen LogP contribution in [0.1, 0.15) is 32.0 Å². The van der Waals surface area contributed by atoms with Crippen LogP contribution in [0.25, 0.3) is 0 Å². The second-order valence-electron chi connectivity index (χ2n) is 4.61. The fourth-order valence-electron chi connectivity index (χ4n) is 1.80. The van der Waals surface area contributed by atoms with Crippen molar-refractivity contribution in [3.63, 3.8) is 0 Å². The van der Waals surface area contributed by atoms with E-state index in [1.54, 1.807) is 0 Å². The van der Waals surface area contributed by atoms with Crippen LogP contribution >= 0.6 is 0 Å². The molecule has 1 heterocycles. The second kappa shape index (κ2) is 6.71. The van der Waals surface area contributed by atoms with E-state index in [2.05, 4.69) is 61.1 Å². The van der Waals surface area contributed by atoms with Crippen LogP contribution in [0.2, 0.25) is 0 Å². The maximum atomic E-state index is 3.53. The molecule has 0 radical (unpaired) electrons. The molecule has 92 valence electrons. The van der Waals surface area contributed by atoms with E-state index in [-0.39, 0.29) is 0 Å². The predicted molar refractivity (Wildman–Crippen MR) is 69.7 cm³/mol. The first-order chi connectivity index (χ1) is 7.65. The molecule has 1 atom stereocenters. The average molecular weight is 223 g/mol. The molecule has 1 rings (SSSR count). The van der Waals surface area contributed by atoms with Crippen LogP contribution in [0.5, 0.6) is 0 Å². The van der Waals surface area contributed by atoms with Gasteiger partial charge < -0.3 is 14.8 Å². The van der Waals surface area contributed by atoms with Crippen molar-refractivity contribution >= 4 is 0 Å². The maximum absolute atomic E-state index is 3.53. The summed E-state index contributed by atoms with van der Waals surface area (Å²) in [6, 6.07) is 4.79. The molecule has 3 heteroatoms. The molecule has 0 saturated carbocycles. The summed E-state index contributed by atoms with van der Waals surface area (Å²) in [6.07, 6.45) is 3.35. The van der Waals surface area contributed by atoms with Gasteiger partial charge >= 0.3 is 0 Å². The number of likely N-dealkylation sites (N-methyl/N-ethyl adjacent to an activating group) is 1. The smallest absolute Gasteiger partial charge is 0.0446 e. The van der Waals surface area contributed by atoms with Crippen molar-refractivity contribution < 1.29 is 0 Å². The van der Waals surface area contributed by atoms with Crippen molar-refractivity contribution in [2.45, 2.75) is 32.9 Å². The highest BCUT2D eigenvalue weighted by molar-refractivity contribution is 5.11. The van der Waals surface area contributed by atoms with Gasteiger partial charge in [-0.2, -0.15) is 0 Å². The number of nitrogens with one attached hydrogen (secondary N) is 1. The van der Waals surface area contributed by atoms with Gasteiger partial charge in [0.1, 0.15) is 0 Å². The molecule has 0 aliphatic rings. The van der Waals surface area contributed by atoms with E-state index in [4.69, 9.17) is 0 Å². The zero-order valence-electron chi connectivity index (χ0n) is 11.0. The Balaban J connectivity index is 2.55. The first kappa shape index (κ1) is 13.3. The van der Waals surface area contributed by atoms with Gasteiger partial charge in [-0.15, -0.1) is 0 Å². The Hall–Kier alpha value is -0.800. The Morgan fingerprint density at radius 2 is 2.19 bits per heavy atom. The summed E-state index contributed by atoms with van der Waals surface area (Å²) in [7, 11) is 4.23. The molecule has 1 unspecified atom stereocenters. The van der Waals surface area contributed by atoms with E-state index >= 15 is 0 Å². The SMILES string of the molecule is CCCNC(C)c1cccn1CCN(C)C. The largest absolute Gasteiger partial charge is 0.349 e. The Kier molecular flexibility index (Phi) is 5.56. The van der Waals surface area contributed by atoms with Crippen molar-refractivity contribution in [2.75, 3.05) is 27.2 Å². The molecule has 3 nitrogen and oxygen atoms in total. The van der Waals surface area contributed by atoms with Gasteiger partial charge in [-0.1, -0.05) is 6.92 Å². The molecule has 0 aromatic carbocycles. The molecule has 0 spiro atoms. The molecular weight excluding hydrogens is 198 g/mol. The van der Waals surface area contributed by atoms with Crippen molar-refractivity contribution in [3.8, 4) is 0 Å². The van der Waals surface area contributed by atoms with Gasteiger partial charge in [0.25, 0.3) is 0 Å². The lowest BCUT2D eigenvalue weighted by Crippen LogP contribution is -2.24. The van der Waals surface area contributed by atoms with Crippen LogP contribution in [0.3, 0.4) is 0 Å². The first-order valence-corrected chi connectivity index (χ1v) is 6.18. The Labute approximate surface area is 99.4 Å². The second-order valence-corrected chi connectivity index (χ2v) is 4.61. The molecule has 1 N–H and O–H groups in total. The highest BCUT2D eigenvalue weighted by Gasteiger charge is 2.08. The Morgan fingerprint density at radius 3 is 2.81 bits per heavy atom. The van der Waals surface area contributed by atoms with Gasteiger partial charge in [-0.05, 0) is 46.1 Å². The highest BCUT2D eigenvalue weighted by atomic mass is 15.1. The van der Waals surface area contributed by atoms with Crippen LogP contribution in [0, 0.1) is 0 Å². The summed E-state index contributed by atoms with van der Waals surface area (Å²) in [5.41, 5.74) is 1.38. The molecule has 1 aromatic heterocycles. The van der Waals surface area contributed by atoms with E-state index in [1.807, 2.05) is 0 Å². The van der Waals surface area contributed by atoms with E-state index in [0.717, 1.165) is 19.6 Å². The van der Waals surface area contributed by atoms with E-state index < -0.39 is 0 Å². The Bertz CT molecular complexity index is 291. The normalized spacial score (nSPS) is 13.3. The van der Waals surface area contributed by atoms with Crippen molar-refractivity contribution in [1.82, 2.24) is 14.8 Å². The van der Waals surface area contributed by atoms with E-state index in [9.17, 15) is 0 Å². The Morgan fingerprint density at radius 1 is 1.44 bits per heavy atom. The topological polar surface area (TPSA) is 20.2 Å². The van der Waals surface area contributed by atoms with E-state index in [1.165, 1.54) is 12.1 Å². The van der Waals surface area contributed by atoms with Crippen molar-refractivity contribution in [1.29, 1.82) is 0 Å². The lowest BCUT2D eigenvalue weighted by atomic mass is 10.2. The number of hydrogen-bond acceptors (Lipinski definition) is 2. The quantitative estimate of drug-likeness (QED) is 0.764. The van der Waals surface area contributed by atoms with Crippen LogP contribution in [-0.2, 0) is 6.54 Å². The molecule has 1 aromatic rings. The zero-order valence-corrected chi connectivity index (χ0v) is 11.0. The molecule has 0 saturated heterocycles. The highest BCUT2D eigenvalue weighted by Crippen LogP contribution is 2.13. The summed E-state index contributed by atoms with van der Waals surface area (Å²) in [5.74, 6) is 0. The van der Waals surface area contributed by atoms with Crippen LogP contribution < -0.4 is 5.32 Å². The van der Waals surface area contributed by atoms with Gasteiger partial charge in [0, 0.05) is 31.0 Å². The van der Waals surface area contributed by atoms with Crippen LogP contribution in [0.4, 0.5) is 0 Å². The van der Waals surface area contributed by atoms with E-state index in [0.29, 0.717) is 6.04 Å². The third-order valence-electron chi connectivity index (χ3n) is 2.80. The predicted octanol–water partition coefficient (Wildman–Crippen LogP) is 2.11. The number of rotatable bonds is 7. The molecule has 16 heavy (non-hydrogen) atoms. The van der Waals surface area contributed by atoms with Gasteiger partial charge in [-0.25, -0.2) is 0 Å². The van der Waals surface area contributed by atoms with Crippen molar-refractivity contribution in [2.24, 2.45) is 0 Å². The lowest BCUT2D eigenvalue weighted by molar-refractivity contribution is 0.377. The van der Waals surface area contributed by atoms with Crippen LogP contribution in [0.15, 0.2) is 18.3 Å². The summed E-state index contributed by atoms with van der Waals surface area (Å²) in [5, 5.41) is 3.53. The number of nitrogens with zero attached hydrogens (tertiary/aromatic N) is 2. The molecule has 0 fully saturated rings. The standard InChI is InChI=1S/C13H25N3/c1-5-8-14-12(2)13-7-6-9-16(13)11-10-15(3)4/h6-7,9,12,14H,5,8,10-11H2,1-4H3. The molecular formula is C13H25N3.